The Labute approximate surface area is 120 Å². The predicted octanol–water partition coefficient (Wildman–Crippen LogP) is 2.63. The lowest BCUT2D eigenvalue weighted by Crippen LogP contribution is -2.29. The number of thiazole rings is 1. The van der Waals surface area contributed by atoms with Gasteiger partial charge in [0.05, 0.1) is 16.8 Å². The van der Waals surface area contributed by atoms with Crippen molar-refractivity contribution in [1.29, 1.82) is 0 Å². The highest BCUT2D eigenvalue weighted by atomic mass is 79.9. The maximum Gasteiger partial charge on any atom is 0.285 e. The molecule has 96 valence electrons. The molecule has 0 saturated heterocycles. The van der Waals surface area contributed by atoms with Gasteiger partial charge in [-0.15, -0.1) is 16.4 Å². The number of aromatic nitrogens is 1. The number of rotatable bonds is 3. The second-order valence-corrected chi connectivity index (χ2v) is 5.95. The van der Waals surface area contributed by atoms with Crippen LogP contribution in [0.25, 0.3) is 0 Å². The summed E-state index contributed by atoms with van der Waals surface area (Å²) in [5.41, 5.74) is 1.40. The highest BCUT2D eigenvalue weighted by Crippen LogP contribution is 2.24. The first-order chi connectivity index (χ1) is 9.16. The molecular weight excluding hydrogens is 332 g/mol. The Morgan fingerprint density at radius 1 is 1.21 bits per heavy atom. The number of carbonyl (C=O) groups is 2. The minimum Gasteiger partial charge on any atom is -0.266 e. The molecule has 0 bridgehead atoms. The van der Waals surface area contributed by atoms with Gasteiger partial charge >= 0.3 is 0 Å². The van der Waals surface area contributed by atoms with E-state index >= 15 is 0 Å². The summed E-state index contributed by atoms with van der Waals surface area (Å²) in [4.78, 5) is 33.4. The number of fused-ring (bicyclic) bond motifs is 1. The van der Waals surface area contributed by atoms with Crippen molar-refractivity contribution in [3.05, 3.63) is 50.4 Å². The zero-order valence-electron chi connectivity index (χ0n) is 9.50. The molecule has 0 radical (unpaired) electrons. The summed E-state index contributed by atoms with van der Waals surface area (Å²) in [6, 6.07) is 6.65. The Balaban J connectivity index is 1.77. The molecule has 0 atom stereocenters. The molecular formula is C12H7BrN2O3S. The zero-order chi connectivity index (χ0) is 13.4. The molecule has 1 aliphatic rings. The molecule has 1 aromatic heterocycles. The van der Waals surface area contributed by atoms with E-state index in [1.807, 2.05) is 0 Å². The van der Waals surface area contributed by atoms with Crippen LogP contribution in [-0.2, 0) is 11.4 Å². The SMILES string of the molecule is O=C1c2ccccc2C(=O)N1OCc1csc(Br)n1. The summed E-state index contributed by atoms with van der Waals surface area (Å²) in [7, 11) is 0. The Bertz CT molecular complexity index is 635. The smallest absolute Gasteiger partial charge is 0.266 e. The lowest BCUT2D eigenvalue weighted by molar-refractivity contribution is -0.101. The van der Waals surface area contributed by atoms with Crippen molar-refractivity contribution in [1.82, 2.24) is 10.0 Å². The fourth-order valence-corrected chi connectivity index (χ4v) is 2.80. The highest BCUT2D eigenvalue weighted by Gasteiger charge is 2.36. The Morgan fingerprint density at radius 3 is 2.37 bits per heavy atom. The number of hydrogen-bond acceptors (Lipinski definition) is 5. The molecule has 3 rings (SSSR count). The van der Waals surface area contributed by atoms with Crippen LogP contribution in [0.1, 0.15) is 26.4 Å². The molecule has 5 nitrogen and oxygen atoms in total. The minimum atomic E-state index is -0.435. The average molecular weight is 339 g/mol. The van der Waals surface area contributed by atoms with Gasteiger partial charge in [0.25, 0.3) is 11.8 Å². The molecule has 2 amide bonds. The van der Waals surface area contributed by atoms with Crippen LogP contribution in [0.2, 0.25) is 0 Å². The van der Waals surface area contributed by atoms with Crippen LogP contribution in [-0.4, -0.2) is 21.9 Å². The molecule has 0 N–H and O–H groups in total. The van der Waals surface area contributed by atoms with Gasteiger partial charge in [-0.3, -0.25) is 14.4 Å². The molecule has 0 unspecified atom stereocenters. The molecule has 1 aromatic carbocycles. The fourth-order valence-electron chi connectivity index (χ4n) is 1.76. The van der Waals surface area contributed by atoms with E-state index in [1.54, 1.807) is 29.6 Å². The maximum absolute atomic E-state index is 12.0. The van der Waals surface area contributed by atoms with Crippen LogP contribution >= 0.6 is 27.3 Å². The summed E-state index contributed by atoms with van der Waals surface area (Å²) in [5, 5.41) is 2.58. The summed E-state index contributed by atoms with van der Waals surface area (Å²) in [6.45, 7) is 0.0770. The van der Waals surface area contributed by atoms with Crippen LogP contribution in [0.15, 0.2) is 33.6 Å². The molecule has 19 heavy (non-hydrogen) atoms. The van der Waals surface area contributed by atoms with E-state index in [0.717, 1.165) is 8.98 Å². The molecule has 0 fully saturated rings. The number of nitrogens with zero attached hydrogens (tertiary/aromatic N) is 2. The van der Waals surface area contributed by atoms with Gasteiger partial charge in [-0.05, 0) is 28.1 Å². The average Bonchev–Trinajstić information content (AvgIpc) is 2.93. The van der Waals surface area contributed by atoms with Crippen molar-refractivity contribution >= 4 is 39.1 Å². The third kappa shape index (κ3) is 2.20. The van der Waals surface area contributed by atoms with E-state index in [9.17, 15) is 9.59 Å². The van der Waals surface area contributed by atoms with E-state index in [0.29, 0.717) is 16.8 Å². The third-order valence-electron chi connectivity index (χ3n) is 2.62. The Hall–Kier alpha value is -1.57. The summed E-state index contributed by atoms with van der Waals surface area (Å²) in [6.07, 6.45) is 0. The van der Waals surface area contributed by atoms with Crippen molar-refractivity contribution in [3.63, 3.8) is 0 Å². The molecule has 0 saturated carbocycles. The first-order valence-electron chi connectivity index (χ1n) is 5.37. The maximum atomic E-state index is 12.0. The number of amides is 2. The summed E-state index contributed by atoms with van der Waals surface area (Å²) in [5.74, 6) is -0.871. The number of imide groups is 1. The van der Waals surface area contributed by atoms with Crippen LogP contribution in [0.5, 0.6) is 0 Å². The topological polar surface area (TPSA) is 59.5 Å². The van der Waals surface area contributed by atoms with Gasteiger partial charge in [-0.25, -0.2) is 4.98 Å². The third-order valence-corrected chi connectivity index (χ3v) is 4.04. The fraction of sp³-hybridized carbons (Fsp3) is 0.0833. The highest BCUT2D eigenvalue weighted by molar-refractivity contribution is 9.11. The van der Waals surface area contributed by atoms with E-state index in [4.69, 9.17) is 4.84 Å². The largest absolute Gasteiger partial charge is 0.285 e. The number of hydrogen-bond donors (Lipinski definition) is 0. The minimum absolute atomic E-state index is 0.0770. The van der Waals surface area contributed by atoms with Gasteiger partial charge in [-0.1, -0.05) is 12.1 Å². The standard InChI is InChI=1S/C12H7BrN2O3S/c13-12-14-7(6-19-12)5-18-15-10(16)8-3-1-2-4-9(8)11(15)17/h1-4,6H,5H2. The summed E-state index contributed by atoms with van der Waals surface area (Å²) >= 11 is 4.65. The number of halogens is 1. The van der Waals surface area contributed by atoms with Crippen molar-refractivity contribution in [2.75, 3.05) is 0 Å². The number of benzene rings is 1. The molecule has 0 aliphatic carbocycles. The number of carbonyl (C=O) groups excluding carboxylic acids is 2. The quantitative estimate of drug-likeness (QED) is 0.807. The Kier molecular flexibility index (Phi) is 3.17. The van der Waals surface area contributed by atoms with Gasteiger partial charge in [0.1, 0.15) is 6.61 Å². The predicted molar refractivity (Wildman–Crippen MR) is 71.5 cm³/mol. The molecule has 7 heteroatoms. The lowest BCUT2D eigenvalue weighted by atomic mass is 10.1. The lowest BCUT2D eigenvalue weighted by Gasteiger charge is -2.11. The molecule has 2 heterocycles. The van der Waals surface area contributed by atoms with Crippen molar-refractivity contribution in [2.45, 2.75) is 6.61 Å². The van der Waals surface area contributed by atoms with Crippen LogP contribution < -0.4 is 0 Å². The second kappa shape index (κ2) is 4.84. The van der Waals surface area contributed by atoms with Gasteiger partial charge in [0.15, 0.2) is 3.92 Å². The van der Waals surface area contributed by atoms with E-state index in [1.165, 1.54) is 11.3 Å². The molecule has 0 spiro atoms. The normalized spacial score (nSPS) is 14.1. The Morgan fingerprint density at radius 2 is 1.84 bits per heavy atom. The van der Waals surface area contributed by atoms with Gasteiger partial charge < -0.3 is 0 Å². The summed E-state index contributed by atoms with van der Waals surface area (Å²) < 4.78 is 0.730. The van der Waals surface area contributed by atoms with Crippen molar-refractivity contribution in [2.24, 2.45) is 0 Å². The van der Waals surface area contributed by atoms with E-state index in [-0.39, 0.29) is 6.61 Å². The van der Waals surface area contributed by atoms with Crippen LogP contribution in [0, 0.1) is 0 Å². The second-order valence-electron chi connectivity index (χ2n) is 3.82. The van der Waals surface area contributed by atoms with Crippen LogP contribution in [0.4, 0.5) is 0 Å². The van der Waals surface area contributed by atoms with Crippen molar-refractivity contribution < 1.29 is 14.4 Å². The molecule has 2 aromatic rings. The monoisotopic (exact) mass is 338 g/mol. The van der Waals surface area contributed by atoms with Gasteiger partial charge in [0.2, 0.25) is 0 Å². The number of hydroxylamine groups is 2. The van der Waals surface area contributed by atoms with E-state index in [2.05, 4.69) is 20.9 Å². The van der Waals surface area contributed by atoms with Crippen molar-refractivity contribution in [3.8, 4) is 0 Å². The zero-order valence-corrected chi connectivity index (χ0v) is 11.9. The van der Waals surface area contributed by atoms with Gasteiger partial charge in [0, 0.05) is 5.38 Å². The molecule has 1 aliphatic heterocycles. The first-order valence-corrected chi connectivity index (χ1v) is 7.04. The van der Waals surface area contributed by atoms with Crippen LogP contribution in [0.3, 0.4) is 0 Å². The van der Waals surface area contributed by atoms with Gasteiger partial charge in [-0.2, -0.15) is 0 Å². The first kappa shape index (κ1) is 12.5. The van der Waals surface area contributed by atoms with E-state index < -0.39 is 11.8 Å².